The molecule has 1 N–H and O–H groups in total. The van der Waals surface area contributed by atoms with Crippen LogP contribution < -0.4 is 10.1 Å². The van der Waals surface area contributed by atoms with E-state index in [9.17, 15) is 4.79 Å². The minimum absolute atomic E-state index is 0.175. The van der Waals surface area contributed by atoms with E-state index in [1.165, 1.54) is 0 Å². The van der Waals surface area contributed by atoms with Crippen molar-refractivity contribution < 1.29 is 13.9 Å². The summed E-state index contributed by atoms with van der Waals surface area (Å²) in [7, 11) is 1.62. The number of hydrogen-bond acceptors (Lipinski definition) is 4. The summed E-state index contributed by atoms with van der Waals surface area (Å²) in [6.45, 7) is 3.74. The summed E-state index contributed by atoms with van der Waals surface area (Å²) in [6, 6.07) is 17.0. The van der Waals surface area contributed by atoms with Crippen molar-refractivity contribution in [2.24, 2.45) is 0 Å². The predicted octanol–water partition coefficient (Wildman–Crippen LogP) is 4.79. The summed E-state index contributed by atoms with van der Waals surface area (Å²) >= 11 is 0. The molecular formula is C22H20N2O3. The normalized spacial score (nSPS) is 12.3. The van der Waals surface area contributed by atoms with Gasteiger partial charge in [0.2, 0.25) is 0 Å². The molecule has 4 rings (SSSR count). The highest BCUT2D eigenvalue weighted by Crippen LogP contribution is 2.25. The van der Waals surface area contributed by atoms with Crippen LogP contribution in [0.2, 0.25) is 0 Å². The fourth-order valence-corrected chi connectivity index (χ4v) is 3.16. The molecule has 0 unspecified atom stereocenters. The van der Waals surface area contributed by atoms with Crippen LogP contribution in [0, 0.1) is 6.92 Å². The zero-order chi connectivity index (χ0) is 19.0. The first-order valence-corrected chi connectivity index (χ1v) is 8.80. The molecular weight excluding hydrogens is 340 g/mol. The number of carbonyl (C=O) groups excluding carboxylic acids is 1. The van der Waals surface area contributed by atoms with Crippen LogP contribution >= 0.6 is 0 Å². The molecule has 2 aromatic carbocycles. The monoisotopic (exact) mass is 360 g/mol. The number of nitrogens with one attached hydrogen (secondary N) is 1. The highest BCUT2D eigenvalue weighted by molar-refractivity contribution is 5.99. The van der Waals surface area contributed by atoms with Gasteiger partial charge in [0.25, 0.3) is 5.91 Å². The highest BCUT2D eigenvalue weighted by Gasteiger charge is 2.18. The van der Waals surface area contributed by atoms with E-state index < -0.39 is 0 Å². The quantitative estimate of drug-likeness (QED) is 0.568. The summed E-state index contributed by atoms with van der Waals surface area (Å²) in [5, 5.41) is 4.92. The van der Waals surface area contributed by atoms with Crippen LogP contribution in [0.3, 0.4) is 0 Å². The van der Waals surface area contributed by atoms with E-state index in [1.54, 1.807) is 7.11 Å². The minimum Gasteiger partial charge on any atom is -0.497 e. The number of fused-ring (bicyclic) bond motifs is 2. The molecule has 0 saturated carbocycles. The van der Waals surface area contributed by atoms with E-state index in [0.717, 1.165) is 33.4 Å². The van der Waals surface area contributed by atoms with Gasteiger partial charge in [0.15, 0.2) is 0 Å². The zero-order valence-corrected chi connectivity index (χ0v) is 15.4. The van der Waals surface area contributed by atoms with Crippen molar-refractivity contribution in [2.75, 3.05) is 7.11 Å². The van der Waals surface area contributed by atoms with E-state index in [-0.39, 0.29) is 11.9 Å². The molecule has 2 aromatic heterocycles. The summed E-state index contributed by atoms with van der Waals surface area (Å²) in [5.74, 6) is 1.29. The van der Waals surface area contributed by atoms with E-state index >= 15 is 0 Å². The van der Waals surface area contributed by atoms with Crippen LogP contribution in [0.5, 0.6) is 5.75 Å². The number of nitrogens with zero attached hydrogens (tertiary/aromatic N) is 1. The summed E-state index contributed by atoms with van der Waals surface area (Å²) < 4.78 is 11.1. The van der Waals surface area contributed by atoms with Crippen LogP contribution in [0.25, 0.3) is 21.9 Å². The average Bonchev–Trinajstić information content (AvgIpc) is 3.11. The molecule has 1 amide bonds. The number of methoxy groups -OCH3 is 1. The number of ether oxygens (including phenoxy) is 1. The third kappa shape index (κ3) is 3.24. The van der Waals surface area contributed by atoms with E-state index in [2.05, 4.69) is 10.3 Å². The SMILES string of the molecule is COc1ccc2cc(C(=O)N[C@@H](C)c3cc4ccccc4o3)c(C)nc2c1. The van der Waals surface area contributed by atoms with Crippen molar-refractivity contribution in [3.05, 3.63) is 71.6 Å². The maximum Gasteiger partial charge on any atom is 0.253 e. The first-order chi connectivity index (χ1) is 13.0. The summed E-state index contributed by atoms with van der Waals surface area (Å²) in [5.41, 5.74) is 2.83. The Balaban J connectivity index is 1.60. The number of furan rings is 1. The van der Waals surface area contributed by atoms with Crippen molar-refractivity contribution in [2.45, 2.75) is 19.9 Å². The van der Waals surface area contributed by atoms with Gasteiger partial charge in [-0.1, -0.05) is 18.2 Å². The first-order valence-electron chi connectivity index (χ1n) is 8.80. The Kier molecular flexibility index (Phi) is 4.28. The fourth-order valence-electron chi connectivity index (χ4n) is 3.16. The Bertz CT molecular complexity index is 1110. The molecule has 1 atom stereocenters. The third-order valence-corrected chi connectivity index (χ3v) is 4.68. The Morgan fingerprint density at radius 3 is 2.70 bits per heavy atom. The van der Waals surface area contributed by atoms with Crippen molar-refractivity contribution in [3.63, 3.8) is 0 Å². The molecule has 0 fully saturated rings. The van der Waals surface area contributed by atoms with Crippen LogP contribution in [-0.4, -0.2) is 18.0 Å². The van der Waals surface area contributed by atoms with E-state index in [1.807, 2.05) is 68.4 Å². The van der Waals surface area contributed by atoms with Gasteiger partial charge < -0.3 is 14.5 Å². The molecule has 27 heavy (non-hydrogen) atoms. The van der Waals surface area contributed by atoms with Gasteiger partial charge in [0.05, 0.1) is 29.9 Å². The highest BCUT2D eigenvalue weighted by atomic mass is 16.5. The maximum atomic E-state index is 12.8. The van der Waals surface area contributed by atoms with Crippen LogP contribution in [-0.2, 0) is 0 Å². The lowest BCUT2D eigenvalue weighted by molar-refractivity contribution is 0.0935. The minimum atomic E-state index is -0.254. The van der Waals surface area contributed by atoms with Gasteiger partial charge in [-0.05, 0) is 44.2 Å². The number of aryl methyl sites for hydroxylation is 1. The summed E-state index contributed by atoms with van der Waals surface area (Å²) in [6.07, 6.45) is 0. The second-order valence-corrected chi connectivity index (χ2v) is 6.56. The topological polar surface area (TPSA) is 64.4 Å². The standard InChI is InChI=1S/C22H20N2O3/c1-13-18(10-15-8-9-17(26-3)12-19(15)23-13)22(25)24-14(2)21-11-16-6-4-5-7-20(16)27-21/h4-12,14H,1-3H3,(H,24,25)/t14-/m0/s1. The Labute approximate surface area is 157 Å². The number of amides is 1. The predicted molar refractivity (Wildman–Crippen MR) is 105 cm³/mol. The zero-order valence-electron chi connectivity index (χ0n) is 15.4. The maximum absolute atomic E-state index is 12.8. The smallest absolute Gasteiger partial charge is 0.253 e. The number of aromatic nitrogens is 1. The molecule has 136 valence electrons. The van der Waals surface area contributed by atoms with Crippen LogP contribution in [0.1, 0.15) is 34.8 Å². The molecule has 5 heteroatoms. The number of rotatable bonds is 4. The lowest BCUT2D eigenvalue weighted by Crippen LogP contribution is -2.27. The molecule has 0 aliphatic heterocycles. The molecule has 5 nitrogen and oxygen atoms in total. The molecule has 0 saturated heterocycles. The van der Waals surface area contributed by atoms with Crippen molar-refractivity contribution >= 4 is 27.8 Å². The van der Waals surface area contributed by atoms with E-state index in [0.29, 0.717) is 11.3 Å². The molecule has 0 aliphatic rings. The molecule has 0 bridgehead atoms. The van der Waals surface area contributed by atoms with Gasteiger partial charge in [-0.3, -0.25) is 9.78 Å². The molecule has 0 aliphatic carbocycles. The molecule has 0 radical (unpaired) electrons. The van der Waals surface area contributed by atoms with Gasteiger partial charge in [0.1, 0.15) is 17.1 Å². The van der Waals surface area contributed by atoms with Gasteiger partial charge in [-0.25, -0.2) is 0 Å². The van der Waals surface area contributed by atoms with Crippen molar-refractivity contribution in [1.29, 1.82) is 0 Å². The lowest BCUT2D eigenvalue weighted by atomic mass is 10.1. The Hall–Kier alpha value is -3.34. The van der Waals surface area contributed by atoms with Crippen LogP contribution in [0.4, 0.5) is 0 Å². The van der Waals surface area contributed by atoms with Crippen molar-refractivity contribution in [3.8, 4) is 5.75 Å². The third-order valence-electron chi connectivity index (χ3n) is 4.68. The largest absolute Gasteiger partial charge is 0.497 e. The lowest BCUT2D eigenvalue weighted by Gasteiger charge is -2.13. The first kappa shape index (κ1) is 17.1. The van der Waals surface area contributed by atoms with Crippen molar-refractivity contribution in [1.82, 2.24) is 10.3 Å². The Morgan fingerprint density at radius 2 is 1.93 bits per heavy atom. The average molecular weight is 360 g/mol. The number of pyridine rings is 1. The molecule has 4 aromatic rings. The Morgan fingerprint density at radius 1 is 1.11 bits per heavy atom. The fraction of sp³-hybridized carbons (Fsp3) is 0.182. The number of para-hydroxylation sites is 1. The molecule has 2 heterocycles. The second kappa shape index (κ2) is 6.76. The van der Waals surface area contributed by atoms with Gasteiger partial charge in [-0.2, -0.15) is 0 Å². The summed E-state index contributed by atoms with van der Waals surface area (Å²) in [4.78, 5) is 17.4. The van der Waals surface area contributed by atoms with Gasteiger partial charge >= 0.3 is 0 Å². The second-order valence-electron chi connectivity index (χ2n) is 6.56. The van der Waals surface area contributed by atoms with Gasteiger partial charge in [-0.15, -0.1) is 0 Å². The number of hydrogen-bond donors (Lipinski definition) is 1. The van der Waals surface area contributed by atoms with E-state index in [4.69, 9.17) is 9.15 Å². The van der Waals surface area contributed by atoms with Gasteiger partial charge in [0, 0.05) is 16.8 Å². The number of carbonyl (C=O) groups is 1. The van der Waals surface area contributed by atoms with Crippen LogP contribution in [0.15, 0.2) is 59.0 Å². The number of benzene rings is 2. The molecule has 0 spiro atoms.